The fourth-order valence-electron chi connectivity index (χ4n) is 2.61. The van der Waals surface area contributed by atoms with Crippen molar-refractivity contribution in [2.75, 3.05) is 6.61 Å². The third kappa shape index (κ3) is 3.13. The van der Waals surface area contributed by atoms with Crippen molar-refractivity contribution >= 4 is 31.9 Å². The van der Waals surface area contributed by atoms with Crippen molar-refractivity contribution in [1.82, 2.24) is 10.4 Å². The minimum atomic E-state index is -0.0804. The maximum atomic E-state index is 5.77. The van der Waals surface area contributed by atoms with E-state index in [1.165, 1.54) is 5.56 Å². The predicted molar refractivity (Wildman–Crippen MR) is 89.0 cm³/mol. The van der Waals surface area contributed by atoms with Gasteiger partial charge in [0.1, 0.15) is 5.75 Å². The molecule has 1 aromatic carbocycles. The van der Waals surface area contributed by atoms with Crippen LogP contribution in [0.3, 0.4) is 0 Å². The fourth-order valence-corrected chi connectivity index (χ4v) is 3.69. The Morgan fingerprint density at radius 2 is 2.24 bits per heavy atom. The second-order valence-electron chi connectivity index (χ2n) is 4.95. The predicted octanol–water partition coefficient (Wildman–Crippen LogP) is 3.29. The lowest BCUT2D eigenvalue weighted by Crippen LogP contribution is -2.30. The number of aromatic nitrogens is 1. The summed E-state index contributed by atoms with van der Waals surface area (Å²) in [6.07, 6.45) is 3.44. The molecule has 0 saturated carbocycles. The lowest BCUT2D eigenvalue weighted by atomic mass is 10.00. The summed E-state index contributed by atoms with van der Waals surface area (Å²) in [5.41, 5.74) is 6.13. The third-order valence-electron chi connectivity index (χ3n) is 3.57. The highest BCUT2D eigenvalue weighted by Crippen LogP contribution is 2.35. The van der Waals surface area contributed by atoms with Crippen LogP contribution >= 0.6 is 31.9 Å². The van der Waals surface area contributed by atoms with E-state index in [1.54, 1.807) is 6.20 Å². The van der Waals surface area contributed by atoms with Gasteiger partial charge in [-0.15, -0.1) is 0 Å². The molecule has 0 aliphatic carbocycles. The van der Waals surface area contributed by atoms with E-state index < -0.39 is 0 Å². The van der Waals surface area contributed by atoms with Crippen LogP contribution in [0.2, 0.25) is 0 Å². The molecule has 4 nitrogen and oxygen atoms in total. The number of halogens is 2. The Bertz CT molecular complexity index is 663. The number of rotatable bonds is 4. The molecule has 1 aliphatic heterocycles. The highest BCUT2D eigenvalue weighted by atomic mass is 79.9. The first-order valence-corrected chi connectivity index (χ1v) is 8.28. The van der Waals surface area contributed by atoms with E-state index in [9.17, 15) is 0 Å². The van der Waals surface area contributed by atoms with Crippen LogP contribution < -0.4 is 16.0 Å². The molecule has 110 valence electrons. The van der Waals surface area contributed by atoms with Gasteiger partial charge in [-0.25, -0.2) is 0 Å². The van der Waals surface area contributed by atoms with Gasteiger partial charge in [-0.1, -0.05) is 15.9 Å². The molecule has 3 N–H and O–H groups in total. The van der Waals surface area contributed by atoms with Crippen molar-refractivity contribution in [3.63, 3.8) is 0 Å². The fraction of sp³-hybridized carbons (Fsp3) is 0.267. The number of benzene rings is 1. The van der Waals surface area contributed by atoms with E-state index in [0.29, 0.717) is 6.42 Å². The molecule has 0 fully saturated rings. The van der Waals surface area contributed by atoms with Crippen molar-refractivity contribution in [3.8, 4) is 5.75 Å². The number of nitrogens with two attached hydrogens (primary N) is 1. The number of hydrogen-bond acceptors (Lipinski definition) is 4. The second-order valence-corrected chi connectivity index (χ2v) is 6.72. The van der Waals surface area contributed by atoms with Crippen LogP contribution in [0.15, 0.2) is 39.4 Å². The van der Waals surface area contributed by atoms with Crippen LogP contribution in [0.1, 0.15) is 22.9 Å². The first-order chi connectivity index (χ1) is 10.2. The summed E-state index contributed by atoms with van der Waals surface area (Å²) in [4.78, 5) is 4.42. The maximum absolute atomic E-state index is 5.77. The molecule has 1 atom stereocenters. The van der Waals surface area contributed by atoms with E-state index >= 15 is 0 Å². The van der Waals surface area contributed by atoms with Crippen LogP contribution in [0, 0.1) is 0 Å². The minimum Gasteiger partial charge on any atom is -0.493 e. The molecule has 21 heavy (non-hydrogen) atoms. The number of pyridine rings is 1. The Balaban J connectivity index is 1.94. The van der Waals surface area contributed by atoms with E-state index in [-0.39, 0.29) is 6.04 Å². The number of hydrazine groups is 1. The van der Waals surface area contributed by atoms with Crippen LogP contribution in [-0.4, -0.2) is 11.6 Å². The van der Waals surface area contributed by atoms with Gasteiger partial charge >= 0.3 is 0 Å². The zero-order valence-corrected chi connectivity index (χ0v) is 14.4. The molecule has 1 unspecified atom stereocenters. The summed E-state index contributed by atoms with van der Waals surface area (Å²) in [5.74, 6) is 6.73. The largest absolute Gasteiger partial charge is 0.493 e. The van der Waals surface area contributed by atoms with Crippen molar-refractivity contribution < 1.29 is 4.74 Å². The number of nitrogens with zero attached hydrogens (tertiary/aromatic N) is 1. The van der Waals surface area contributed by atoms with Crippen LogP contribution in [0.25, 0.3) is 0 Å². The quantitative estimate of drug-likeness (QED) is 0.597. The molecule has 0 bridgehead atoms. The lowest BCUT2D eigenvalue weighted by molar-refractivity contribution is 0.351. The zero-order chi connectivity index (χ0) is 14.8. The Kier molecular flexibility index (Phi) is 4.59. The van der Waals surface area contributed by atoms with Gasteiger partial charge in [-0.3, -0.25) is 16.3 Å². The summed E-state index contributed by atoms with van der Waals surface area (Å²) < 4.78 is 7.79. The zero-order valence-electron chi connectivity index (χ0n) is 11.3. The van der Waals surface area contributed by atoms with Gasteiger partial charge in [-0.2, -0.15) is 0 Å². The molecule has 0 spiro atoms. The number of ether oxygens (including phenoxy) is 1. The van der Waals surface area contributed by atoms with Crippen molar-refractivity contribution in [2.24, 2.45) is 5.84 Å². The smallest absolute Gasteiger partial charge is 0.125 e. The molecule has 2 aromatic rings. The van der Waals surface area contributed by atoms with Crippen LogP contribution in [0.5, 0.6) is 5.75 Å². The molecule has 2 heterocycles. The highest BCUT2D eigenvalue weighted by Gasteiger charge is 2.22. The van der Waals surface area contributed by atoms with E-state index in [2.05, 4.69) is 54.4 Å². The summed E-state index contributed by atoms with van der Waals surface area (Å²) in [7, 11) is 0. The van der Waals surface area contributed by atoms with Gasteiger partial charge in [-0.05, 0) is 57.7 Å². The maximum Gasteiger partial charge on any atom is 0.125 e. The Morgan fingerprint density at radius 3 is 3.00 bits per heavy atom. The Labute approximate surface area is 140 Å². The summed E-state index contributed by atoms with van der Waals surface area (Å²) in [6, 6.07) is 7.98. The van der Waals surface area contributed by atoms with Gasteiger partial charge < -0.3 is 4.74 Å². The average molecular weight is 413 g/mol. The van der Waals surface area contributed by atoms with E-state index in [0.717, 1.165) is 39.0 Å². The third-order valence-corrected chi connectivity index (χ3v) is 4.70. The lowest BCUT2D eigenvalue weighted by Gasteiger charge is -2.18. The molecule has 0 radical (unpaired) electrons. The first kappa shape index (κ1) is 15.0. The molecule has 1 aromatic heterocycles. The van der Waals surface area contributed by atoms with E-state index in [1.807, 2.05) is 12.1 Å². The number of nitrogens with one attached hydrogen (secondary N) is 1. The van der Waals surface area contributed by atoms with Crippen LogP contribution in [0.4, 0.5) is 0 Å². The first-order valence-electron chi connectivity index (χ1n) is 6.69. The van der Waals surface area contributed by atoms with Crippen molar-refractivity contribution in [1.29, 1.82) is 0 Å². The monoisotopic (exact) mass is 411 g/mol. The standard InChI is InChI=1S/C15H15Br2N3O/c16-11-6-9-3-5-21-15(9)10(7-11)8-13(20-18)14-12(17)2-1-4-19-14/h1-2,4,6-7,13,20H,3,5,8,18H2. The van der Waals surface area contributed by atoms with Crippen molar-refractivity contribution in [3.05, 3.63) is 56.2 Å². The SMILES string of the molecule is NNC(Cc1cc(Br)cc2c1OCC2)c1ncccc1Br. The number of fused-ring (bicyclic) bond motifs is 1. The normalized spacial score (nSPS) is 14.6. The van der Waals surface area contributed by atoms with E-state index in [4.69, 9.17) is 10.6 Å². The highest BCUT2D eigenvalue weighted by molar-refractivity contribution is 9.10. The second kappa shape index (κ2) is 6.44. The molecular formula is C15H15Br2N3O. The van der Waals surface area contributed by atoms with Crippen molar-refractivity contribution in [2.45, 2.75) is 18.9 Å². The molecule has 0 saturated heterocycles. The van der Waals surface area contributed by atoms with Gasteiger partial charge in [0.2, 0.25) is 0 Å². The molecule has 3 rings (SSSR count). The summed E-state index contributed by atoms with van der Waals surface area (Å²) >= 11 is 7.10. The summed E-state index contributed by atoms with van der Waals surface area (Å²) in [6.45, 7) is 0.743. The topological polar surface area (TPSA) is 60.2 Å². The Morgan fingerprint density at radius 1 is 1.38 bits per heavy atom. The minimum absolute atomic E-state index is 0.0804. The Hall–Kier alpha value is -0.950. The molecule has 6 heteroatoms. The van der Waals surface area contributed by atoms with Gasteiger partial charge in [0.05, 0.1) is 18.3 Å². The number of hydrogen-bond donors (Lipinski definition) is 2. The molecular weight excluding hydrogens is 398 g/mol. The molecule has 0 amide bonds. The summed E-state index contributed by atoms with van der Waals surface area (Å²) in [5, 5.41) is 0. The average Bonchev–Trinajstić information content (AvgIpc) is 2.93. The molecule has 1 aliphatic rings. The van der Waals surface area contributed by atoms with Gasteiger partial charge in [0.25, 0.3) is 0 Å². The van der Waals surface area contributed by atoms with Gasteiger partial charge in [0.15, 0.2) is 0 Å². The van der Waals surface area contributed by atoms with Crippen LogP contribution in [-0.2, 0) is 12.8 Å². The van der Waals surface area contributed by atoms with Gasteiger partial charge in [0, 0.05) is 21.6 Å².